The highest BCUT2D eigenvalue weighted by Crippen LogP contribution is 2.38. The maximum absolute atomic E-state index is 14.3. The summed E-state index contributed by atoms with van der Waals surface area (Å²) in [5.74, 6) is 1.23. The fourth-order valence-corrected chi connectivity index (χ4v) is 3.67. The largest absolute Gasteiger partial charge is 0.310 e. The van der Waals surface area contributed by atoms with E-state index in [1.807, 2.05) is 6.07 Å². The van der Waals surface area contributed by atoms with Crippen LogP contribution in [0.2, 0.25) is 5.02 Å². The van der Waals surface area contributed by atoms with Crippen LogP contribution in [0.1, 0.15) is 64.0 Å². The second kappa shape index (κ2) is 8.14. The van der Waals surface area contributed by atoms with E-state index in [0.717, 1.165) is 24.4 Å². The Labute approximate surface area is 133 Å². The van der Waals surface area contributed by atoms with E-state index in [-0.39, 0.29) is 11.9 Å². The molecule has 1 aliphatic carbocycles. The summed E-state index contributed by atoms with van der Waals surface area (Å²) < 4.78 is 14.3. The number of rotatable bonds is 6. The van der Waals surface area contributed by atoms with Crippen molar-refractivity contribution in [3.05, 3.63) is 34.6 Å². The molecular weight excluding hydrogens is 285 g/mol. The van der Waals surface area contributed by atoms with Gasteiger partial charge >= 0.3 is 0 Å². The first kappa shape index (κ1) is 16.8. The van der Waals surface area contributed by atoms with Crippen LogP contribution < -0.4 is 5.32 Å². The molecule has 118 valence electrons. The maximum atomic E-state index is 14.3. The third-order valence-electron chi connectivity index (χ3n) is 4.85. The molecule has 0 bridgehead atoms. The number of hydrogen-bond acceptors (Lipinski definition) is 1. The number of hydrogen-bond donors (Lipinski definition) is 1. The fraction of sp³-hybridized carbons (Fsp3) is 0.667. The highest BCUT2D eigenvalue weighted by atomic mass is 35.5. The van der Waals surface area contributed by atoms with Gasteiger partial charge in [-0.25, -0.2) is 4.39 Å². The van der Waals surface area contributed by atoms with Gasteiger partial charge in [0, 0.05) is 16.6 Å². The molecule has 1 fully saturated rings. The predicted octanol–water partition coefficient (Wildman–Crippen LogP) is 5.74. The number of benzene rings is 1. The highest BCUT2D eigenvalue weighted by Gasteiger charge is 2.29. The summed E-state index contributed by atoms with van der Waals surface area (Å²) in [4.78, 5) is 0. The first-order chi connectivity index (χ1) is 10.2. The molecule has 3 heteroatoms. The zero-order chi connectivity index (χ0) is 15.2. The van der Waals surface area contributed by atoms with Gasteiger partial charge in [-0.15, -0.1) is 0 Å². The average molecular weight is 312 g/mol. The third-order valence-corrected chi connectivity index (χ3v) is 5.09. The molecule has 1 N–H and O–H groups in total. The van der Waals surface area contributed by atoms with Gasteiger partial charge in [0.25, 0.3) is 0 Å². The Balaban J connectivity index is 2.14. The average Bonchev–Trinajstić information content (AvgIpc) is 2.50. The Kier molecular flexibility index (Phi) is 6.50. The Morgan fingerprint density at radius 1 is 1.24 bits per heavy atom. The van der Waals surface area contributed by atoms with Crippen molar-refractivity contribution in [3.8, 4) is 0 Å². The number of halogens is 2. The molecule has 1 aromatic carbocycles. The molecule has 0 radical (unpaired) electrons. The molecule has 0 saturated heterocycles. The zero-order valence-electron chi connectivity index (χ0n) is 13.2. The molecule has 2 rings (SSSR count). The molecule has 21 heavy (non-hydrogen) atoms. The van der Waals surface area contributed by atoms with E-state index in [4.69, 9.17) is 11.6 Å². The standard InChI is InChI=1S/C18H27ClFN/c1-3-11-21-18(14-7-5-13(4-2)6-8-14)16-10-9-15(19)12-17(16)20/h9-10,12-14,18,21H,3-8,11H2,1-2H3. The predicted molar refractivity (Wildman–Crippen MR) is 88.2 cm³/mol. The molecule has 0 aromatic heterocycles. The van der Waals surface area contributed by atoms with Gasteiger partial charge in [0.2, 0.25) is 0 Å². The Bertz CT molecular complexity index is 441. The van der Waals surface area contributed by atoms with E-state index < -0.39 is 0 Å². The molecule has 1 unspecified atom stereocenters. The lowest BCUT2D eigenvalue weighted by Crippen LogP contribution is -2.32. The van der Waals surface area contributed by atoms with E-state index >= 15 is 0 Å². The molecule has 0 spiro atoms. The summed E-state index contributed by atoms with van der Waals surface area (Å²) in [6.07, 6.45) is 7.29. The molecule has 1 atom stereocenters. The van der Waals surface area contributed by atoms with E-state index in [1.165, 1.54) is 38.2 Å². The quantitative estimate of drug-likeness (QED) is 0.706. The normalized spacial score (nSPS) is 24.0. The van der Waals surface area contributed by atoms with Gasteiger partial charge in [-0.3, -0.25) is 0 Å². The molecule has 0 heterocycles. The van der Waals surface area contributed by atoms with Gasteiger partial charge in [-0.05, 0) is 49.8 Å². The monoisotopic (exact) mass is 311 g/mol. The van der Waals surface area contributed by atoms with Crippen LogP contribution >= 0.6 is 11.6 Å². The molecular formula is C18H27ClFN. The third kappa shape index (κ3) is 4.43. The van der Waals surface area contributed by atoms with Crippen molar-refractivity contribution >= 4 is 11.6 Å². The summed E-state index contributed by atoms with van der Waals surface area (Å²) in [7, 11) is 0. The topological polar surface area (TPSA) is 12.0 Å². The van der Waals surface area contributed by atoms with Crippen LogP contribution in [0.5, 0.6) is 0 Å². The lowest BCUT2D eigenvalue weighted by atomic mass is 9.76. The zero-order valence-corrected chi connectivity index (χ0v) is 13.9. The van der Waals surface area contributed by atoms with Crippen molar-refractivity contribution < 1.29 is 4.39 Å². The van der Waals surface area contributed by atoms with Crippen molar-refractivity contribution in [1.82, 2.24) is 5.32 Å². The van der Waals surface area contributed by atoms with Crippen LogP contribution in [0.3, 0.4) is 0 Å². The van der Waals surface area contributed by atoms with E-state index in [1.54, 1.807) is 6.07 Å². The summed E-state index contributed by atoms with van der Waals surface area (Å²) in [6, 6.07) is 5.23. The summed E-state index contributed by atoms with van der Waals surface area (Å²) in [6.45, 7) is 5.35. The molecule has 0 amide bonds. The van der Waals surface area contributed by atoms with E-state index in [9.17, 15) is 4.39 Å². The summed E-state index contributed by atoms with van der Waals surface area (Å²) >= 11 is 5.89. The van der Waals surface area contributed by atoms with Crippen LogP contribution in [-0.4, -0.2) is 6.54 Å². The van der Waals surface area contributed by atoms with Gasteiger partial charge in [-0.2, -0.15) is 0 Å². The Hall–Kier alpha value is -0.600. The maximum Gasteiger partial charge on any atom is 0.129 e. The highest BCUT2D eigenvalue weighted by molar-refractivity contribution is 6.30. The summed E-state index contributed by atoms with van der Waals surface area (Å²) in [5.41, 5.74) is 0.785. The summed E-state index contributed by atoms with van der Waals surface area (Å²) in [5, 5.41) is 4.04. The lowest BCUT2D eigenvalue weighted by Gasteiger charge is -2.34. The van der Waals surface area contributed by atoms with Crippen LogP contribution in [0.4, 0.5) is 4.39 Å². The van der Waals surface area contributed by atoms with Gasteiger partial charge in [0.05, 0.1) is 0 Å². The van der Waals surface area contributed by atoms with E-state index in [2.05, 4.69) is 19.2 Å². The van der Waals surface area contributed by atoms with Crippen molar-refractivity contribution in [2.45, 2.75) is 58.4 Å². The first-order valence-electron chi connectivity index (χ1n) is 8.34. The smallest absolute Gasteiger partial charge is 0.129 e. The van der Waals surface area contributed by atoms with Crippen molar-refractivity contribution in [2.24, 2.45) is 11.8 Å². The second-order valence-electron chi connectivity index (χ2n) is 6.29. The van der Waals surface area contributed by atoms with E-state index in [0.29, 0.717) is 10.9 Å². The Morgan fingerprint density at radius 3 is 2.52 bits per heavy atom. The van der Waals surface area contributed by atoms with Gasteiger partial charge in [0.15, 0.2) is 0 Å². The van der Waals surface area contributed by atoms with Crippen molar-refractivity contribution in [3.63, 3.8) is 0 Å². The lowest BCUT2D eigenvalue weighted by molar-refractivity contribution is 0.216. The van der Waals surface area contributed by atoms with Gasteiger partial charge in [0.1, 0.15) is 5.82 Å². The Morgan fingerprint density at radius 2 is 1.95 bits per heavy atom. The molecule has 0 aliphatic heterocycles. The molecule has 1 saturated carbocycles. The molecule has 1 nitrogen and oxygen atoms in total. The second-order valence-corrected chi connectivity index (χ2v) is 6.72. The first-order valence-corrected chi connectivity index (χ1v) is 8.71. The van der Waals surface area contributed by atoms with Crippen LogP contribution in [0.25, 0.3) is 0 Å². The SMILES string of the molecule is CCCNC(c1ccc(Cl)cc1F)C1CCC(CC)CC1. The minimum atomic E-state index is -0.172. The van der Waals surface area contributed by atoms with Crippen LogP contribution in [0, 0.1) is 17.7 Å². The minimum absolute atomic E-state index is 0.125. The fourth-order valence-electron chi connectivity index (χ4n) is 3.51. The molecule has 1 aromatic rings. The number of nitrogens with one attached hydrogen (secondary N) is 1. The van der Waals surface area contributed by atoms with Crippen LogP contribution in [0.15, 0.2) is 18.2 Å². The van der Waals surface area contributed by atoms with Gasteiger partial charge in [-0.1, -0.05) is 50.8 Å². The van der Waals surface area contributed by atoms with Crippen molar-refractivity contribution in [1.29, 1.82) is 0 Å². The molecule has 1 aliphatic rings. The minimum Gasteiger partial charge on any atom is -0.310 e. The van der Waals surface area contributed by atoms with Crippen molar-refractivity contribution in [2.75, 3.05) is 6.54 Å². The van der Waals surface area contributed by atoms with Gasteiger partial charge < -0.3 is 5.32 Å². The van der Waals surface area contributed by atoms with Crippen LogP contribution in [-0.2, 0) is 0 Å².